The van der Waals surface area contributed by atoms with Crippen LogP contribution >= 0.6 is 0 Å². The molecule has 0 saturated heterocycles. The monoisotopic (exact) mass is 197 g/mol. The predicted molar refractivity (Wildman–Crippen MR) is 45.3 cm³/mol. The Kier molecular flexibility index (Phi) is 1.30. The van der Waals surface area contributed by atoms with E-state index < -0.39 is 0 Å². The van der Waals surface area contributed by atoms with Crippen LogP contribution in [0.4, 0.5) is 4.56 Å². The van der Waals surface area contributed by atoms with Crippen molar-refractivity contribution >= 4 is 28.7 Å². The number of anilines is 1. The average molecular weight is 196 g/mol. The molecule has 0 aliphatic carbocycles. The maximum absolute atomic E-state index is 5.67. The van der Waals surface area contributed by atoms with Gasteiger partial charge in [-0.1, -0.05) is 0 Å². The predicted octanol–water partition coefficient (Wildman–Crippen LogP) is 1.48. The molecule has 0 bridgehead atoms. The molecular formula is C8H7NSe. The molecule has 2 N–H and O–H groups in total. The second-order valence-electron chi connectivity index (χ2n) is 2.19. The molecule has 0 unspecified atom stereocenters. The van der Waals surface area contributed by atoms with Crippen molar-refractivity contribution in [2.75, 3.05) is 5.73 Å². The van der Waals surface area contributed by atoms with Crippen molar-refractivity contribution in [2.45, 2.75) is 0 Å². The Morgan fingerprint density at radius 3 is 2.80 bits per heavy atom. The van der Waals surface area contributed by atoms with E-state index in [1.54, 1.807) is 0 Å². The second-order valence-corrected chi connectivity index (χ2v) is 4.53. The Labute approximate surface area is 65.2 Å². The summed E-state index contributed by atoms with van der Waals surface area (Å²) in [5, 5.41) is 1.31. The first kappa shape index (κ1) is 6.02. The number of hydrogen-bond donors (Lipinski definition) is 1. The standard InChI is InChI=1S/C8H7NSe/c9-8-5-6-3-1-2-4-7(6)10-8/h1-5H,9H2. The molecule has 1 aromatic heterocycles. The van der Waals surface area contributed by atoms with E-state index in [0.29, 0.717) is 14.5 Å². The van der Waals surface area contributed by atoms with Gasteiger partial charge >= 0.3 is 64.8 Å². The minimum absolute atomic E-state index is 0.399. The van der Waals surface area contributed by atoms with Gasteiger partial charge in [-0.3, -0.25) is 0 Å². The van der Waals surface area contributed by atoms with Crippen LogP contribution in [0.2, 0.25) is 0 Å². The van der Waals surface area contributed by atoms with Gasteiger partial charge in [-0.2, -0.15) is 0 Å². The molecule has 2 heteroatoms. The molecular weight excluding hydrogens is 189 g/mol. The number of nitrogens with two attached hydrogens (primary N) is 1. The first-order chi connectivity index (χ1) is 4.86. The van der Waals surface area contributed by atoms with E-state index in [2.05, 4.69) is 24.3 Å². The summed E-state index contributed by atoms with van der Waals surface area (Å²) >= 11 is 0.399. The van der Waals surface area contributed by atoms with Crippen molar-refractivity contribution < 1.29 is 0 Å². The van der Waals surface area contributed by atoms with Crippen LogP contribution in [0.15, 0.2) is 30.3 Å². The Hall–Kier alpha value is -0.721. The van der Waals surface area contributed by atoms with Gasteiger partial charge in [0.2, 0.25) is 0 Å². The van der Waals surface area contributed by atoms with Gasteiger partial charge in [-0.15, -0.1) is 0 Å². The molecule has 1 nitrogen and oxygen atoms in total. The fraction of sp³-hybridized carbons (Fsp3) is 0. The van der Waals surface area contributed by atoms with E-state index in [1.165, 1.54) is 9.65 Å². The van der Waals surface area contributed by atoms with Crippen molar-refractivity contribution in [1.29, 1.82) is 0 Å². The van der Waals surface area contributed by atoms with Crippen LogP contribution in [0.3, 0.4) is 0 Å². The Balaban J connectivity index is 2.88. The third kappa shape index (κ3) is 0.859. The van der Waals surface area contributed by atoms with Crippen LogP contribution in [0.25, 0.3) is 9.65 Å². The van der Waals surface area contributed by atoms with Crippen LogP contribution < -0.4 is 5.73 Å². The third-order valence-corrected chi connectivity index (χ3v) is 3.43. The number of hydrogen-bond acceptors (Lipinski definition) is 1. The summed E-state index contributed by atoms with van der Waals surface area (Å²) in [4.78, 5) is 0. The van der Waals surface area contributed by atoms with Crippen molar-refractivity contribution in [1.82, 2.24) is 0 Å². The molecule has 2 rings (SSSR count). The Morgan fingerprint density at radius 1 is 1.20 bits per heavy atom. The normalized spacial score (nSPS) is 10.4. The van der Waals surface area contributed by atoms with Gasteiger partial charge in [-0.25, -0.2) is 0 Å². The third-order valence-electron chi connectivity index (χ3n) is 1.44. The first-order valence-corrected chi connectivity index (χ1v) is 4.81. The molecule has 1 aromatic carbocycles. The Bertz CT molecular complexity index is 318. The molecule has 50 valence electrons. The number of fused-ring (bicyclic) bond motifs is 1. The quantitative estimate of drug-likeness (QED) is 0.634. The second kappa shape index (κ2) is 2.15. The summed E-state index contributed by atoms with van der Waals surface area (Å²) in [6, 6.07) is 10.4. The van der Waals surface area contributed by atoms with Crippen molar-refractivity contribution in [3.63, 3.8) is 0 Å². The summed E-state index contributed by atoms with van der Waals surface area (Å²) in [6.45, 7) is 0. The zero-order valence-corrected chi connectivity index (χ0v) is 7.09. The van der Waals surface area contributed by atoms with E-state index in [-0.39, 0.29) is 0 Å². The molecule has 0 aliphatic heterocycles. The summed E-state index contributed by atoms with van der Waals surface area (Å²) in [5.41, 5.74) is 5.67. The van der Waals surface area contributed by atoms with Crippen LogP contribution in [0.1, 0.15) is 0 Å². The van der Waals surface area contributed by atoms with Crippen LogP contribution in [0.5, 0.6) is 0 Å². The Morgan fingerprint density at radius 2 is 2.00 bits per heavy atom. The fourth-order valence-electron chi connectivity index (χ4n) is 1.00. The molecule has 0 fully saturated rings. The van der Waals surface area contributed by atoms with E-state index in [9.17, 15) is 0 Å². The molecule has 0 amide bonds. The number of rotatable bonds is 0. The molecule has 0 radical (unpaired) electrons. The molecule has 0 saturated carbocycles. The van der Waals surface area contributed by atoms with E-state index >= 15 is 0 Å². The van der Waals surface area contributed by atoms with Gasteiger partial charge in [0.25, 0.3) is 0 Å². The van der Waals surface area contributed by atoms with E-state index in [1.807, 2.05) is 6.07 Å². The van der Waals surface area contributed by atoms with E-state index in [4.69, 9.17) is 5.73 Å². The summed E-state index contributed by atoms with van der Waals surface area (Å²) < 4.78 is 2.45. The molecule has 0 atom stereocenters. The van der Waals surface area contributed by atoms with Gasteiger partial charge in [0.05, 0.1) is 0 Å². The SMILES string of the molecule is Nc1cc2ccccc2[se]1. The number of benzene rings is 1. The van der Waals surface area contributed by atoms with Gasteiger partial charge in [0.1, 0.15) is 0 Å². The minimum atomic E-state index is 0.399. The van der Waals surface area contributed by atoms with Crippen LogP contribution in [-0.2, 0) is 0 Å². The van der Waals surface area contributed by atoms with E-state index in [0.717, 1.165) is 4.56 Å². The first-order valence-electron chi connectivity index (χ1n) is 3.10. The topological polar surface area (TPSA) is 26.0 Å². The molecule has 0 aliphatic rings. The molecule has 0 spiro atoms. The van der Waals surface area contributed by atoms with Gasteiger partial charge < -0.3 is 0 Å². The maximum atomic E-state index is 5.67. The summed E-state index contributed by atoms with van der Waals surface area (Å²) in [6.07, 6.45) is 0. The van der Waals surface area contributed by atoms with Gasteiger partial charge in [-0.05, 0) is 0 Å². The van der Waals surface area contributed by atoms with Crippen molar-refractivity contribution in [2.24, 2.45) is 0 Å². The average Bonchev–Trinajstić information content (AvgIpc) is 2.27. The molecule has 2 aromatic rings. The van der Waals surface area contributed by atoms with Crippen LogP contribution in [0, 0.1) is 0 Å². The van der Waals surface area contributed by atoms with Crippen LogP contribution in [-0.4, -0.2) is 14.5 Å². The number of nitrogen functional groups attached to an aromatic ring is 1. The zero-order chi connectivity index (χ0) is 6.97. The zero-order valence-electron chi connectivity index (χ0n) is 5.37. The van der Waals surface area contributed by atoms with Crippen molar-refractivity contribution in [3.8, 4) is 0 Å². The van der Waals surface area contributed by atoms with Gasteiger partial charge in [0.15, 0.2) is 0 Å². The summed E-state index contributed by atoms with van der Waals surface area (Å²) in [7, 11) is 0. The molecule has 1 heterocycles. The van der Waals surface area contributed by atoms with Crippen molar-refractivity contribution in [3.05, 3.63) is 30.3 Å². The summed E-state index contributed by atoms with van der Waals surface area (Å²) in [5.74, 6) is 0. The fourth-order valence-corrected chi connectivity index (χ4v) is 2.75. The molecule has 10 heavy (non-hydrogen) atoms. The van der Waals surface area contributed by atoms with Gasteiger partial charge in [0, 0.05) is 0 Å².